The Hall–Kier alpha value is -2.04. The first-order valence-electron chi connectivity index (χ1n) is 7.51. The third kappa shape index (κ3) is 2.92. The molecule has 0 radical (unpaired) electrons. The van der Waals surface area contributed by atoms with E-state index in [1.165, 1.54) is 4.90 Å². The van der Waals surface area contributed by atoms with Gasteiger partial charge in [0, 0.05) is 19.6 Å². The van der Waals surface area contributed by atoms with Crippen LogP contribution in [-0.4, -0.2) is 61.1 Å². The van der Waals surface area contributed by atoms with E-state index in [1.807, 2.05) is 7.05 Å². The van der Waals surface area contributed by atoms with Crippen LogP contribution in [0.15, 0.2) is 12.1 Å². The van der Waals surface area contributed by atoms with E-state index in [0.29, 0.717) is 19.7 Å². The Morgan fingerprint density at radius 3 is 2.70 bits per heavy atom. The molecule has 2 saturated heterocycles. The fourth-order valence-electron chi connectivity index (χ4n) is 3.27. The van der Waals surface area contributed by atoms with Crippen molar-refractivity contribution in [2.45, 2.75) is 18.6 Å². The van der Waals surface area contributed by atoms with Crippen LogP contribution in [0.1, 0.15) is 22.3 Å². The van der Waals surface area contributed by atoms with Crippen LogP contribution in [0.4, 0.5) is 8.78 Å². The molecule has 0 aromatic heterocycles. The lowest BCUT2D eigenvalue weighted by Crippen LogP contribution is -2.60. The fraction of sp³-hybridized carbons (Fsp3) is 0.500. The molecule has 2 aliphatic heterocycles. The molecule has 0 bridgehead atoms. The number of morpholine rings is 1. The Balaban J connectivity index is 1.92. The number of likely N-dealkylation sites (N-methyl/N-ethyl adjacent to an activating group) is 1. The molecule has 2 atom stereocenters. The standard InChI is InChI=1S/C16H17F2N3O2/c1-20-3-2-14-13(9-20)21(4-5-23-14)16(22)15-11(17)6-10(8-19)7-12(15)18/h6-7,13-14H,2-5,9H2,1H3/t13-,14+/m0/s1. The van der Waals surface area contributed by atoms with Crippen molar-refractivity contribution in [3.05, 3.63) is 34.9 Å². The zero-order chi connectivity index (χ0) is 16.6. The number of carbonyl (C=O) groups is 1. The number of hydrogen-bond donors (Lipinski definition) is 0. The predicted molar refractivity (Wildman–Crippen MR) is 77.8 cm³/mol. The minimum Gasteiger partial charge on any atom is -0.374 e. The quantitative estimate of drug-likeness (QED) is 0.784. The highest BCUT2D eigenvalue weighted by atomic mass is 19.1. The topological polar surface area (TPSA) is 56.6 Å². The third-order valence-electron chi connectivity index (χ3n) is 4.43. The van der Waals surface area contributed by atoms with Crippen LogP contribution in [0.3, 0.4) is 0 Å². The minimum absolute atomic E-state index is 0.103. The van der Waals surface area contributed by atoms with Gasteiger partial charge in [0.25, 0.3) is 5.91 Å². The van der Waals surface area contributed by atoms with Crippen LogP contribution in [-0.2, 0) is 4.74 Å². The molecule has 2 heterocycles. The molecular formula is C16H17F2N3O2. The largest absolute Gasteiger partial charge is 0.374 e. The Kier molecular flexibility index (Phi) is 4.28. The van der Waals surface area contributed by atoms with Crippen molar-refractivity contribution in [3.63, 3.8) is 0 Å². The monoisotopic (exact) mass is 321 g/mol. The summed E-state index contributed by atoms with van der Waals surface area (Å²) >= 11 is 0. The second kappa shape index (κ2) is 6.22. The summed E-state index contributed by atoms with van der Waals surface area (Å²) in [6.07, 6.45) is 0.678. The van der Waals surface area contributed by atoms with Crippen LogP contribution in [0, 0.1) is 23.0 Å². The molecular weight excluding hydrogens is 304 g/mol. The first-order valence-corrected chi connectivity index (χ1v) is 7.51. The van der Waals surface area contributed by atoms with Crippen LogP contribution < -0.4 is 0 Å². The third-order valence-corrected chi connectivity index (χ3v) is 4.43. The number of nitrogens with zero attached hydrogens (tertiary/aromatic N) is 3. The van der Waals surface area contributed by atoms with Gasteiger partial charge in [0.05, 0.1) is 30.4 Å². The molecule has 1 aromatic carbocycles. The molecule has 1 amide bonds. The molecule has 2 aliphatic rings. The summed E-state index contributed by atoms with van der Waals surface area (Å²) in [6, 6.07) is 3.24. The number of likely N-dealkylation sites (tertiary alicyclic amines) is 1. The van der Waals surface area contributed by atoms with E-state index in [-0.39, 0.29) is 17.7 Å². The number of carbonyl (C=O) groups excluding carboxylic acids is 1. The molecule has 3 rings (SSSR count). The van der Waals surface area contributed by atoms with Crippen molar-refractivity contribution >= 4 is 5.91 Å². The van der Waals surface area contributed by atoms with Gasteiger partial charge in [0.2, 0.25) is 0 Å². The summed E-state index contributed by atoms with van der Waals surface area (Å²) in [7, 11) is 1.94. The van der Waals surface area contributed by atoms with Gasteiger partial charge in [-0.3, -0.25) is 4.79 Å². The van der Waals surface area contributed by atoms with Gasteiger partial charge in [-0.2, -0.15) is 5.26 Å². The molecule has 0 N–H and O–H groups in total. The summed E-state index contributed by atoms with van der Waals surface area (Å²) in [5.41, 5.74) is -0.744. The first kappa shape index (κ1) is 15.8. The highest BCUT2D eigenvalue weighted by molar-refractivity contribution is 5.95. The molecule has 0 unspecified atom stereocenters. The number of benzene rings is 1. The highest BCUT2D eigenvalue weighted by Crippen LogP contribution is 2.26. The van der Waals surface area contributed by atoms with E-state index < -0.39 is 23.1 Å². The lowest BCUT2D eigenvalue weighted by Gasteiger charge is -2.46. The maximum absolute atomic E-state index is 14.1. The van der Waals surface area contributed by atoms with Gasteiger partial charge in [-0.05, 0) is 25.6 Å². The van der Waals surface area contributed by atoms with Crippen LogP contribution >= 0.6 is 0 Å². The summed E-state index contributed by atoms with van der Waals surface area (Å²) < 4.78 is 33.9. The average Bonchev–Trinajstić information content (AvgIpc) is 2.53. The van der Waals surface area contributed by atoms with E-state index in [9.17, 15) is 13.6 Å². The zero-order valence-corrected chi connectivity index (χ0v) is 12.8. The average molecular weight is 321 g/mol. The first-order chi connectivity index (χ1) is 11.0. The molecule has 7 heteroatoms. The summed E-state index contributed by atoms with van der Waals surface area (Å²) in [5, 5.41) is 8.75. The Labute approximate surface area is 133 Å². The van der Waals surface area contributed by atoms with Crippen LogP contribution in [0.2, 0.25) is 0 Å². The molecule has 23 heavy (non-hydrogen) atoms. The molecule has 0 aliphatic carbocycles. The molecule has 0 saturated carbocycles. The number of piperidine rings is 1. The SMILES string of the molecule is CN1CC[C@H]2OCCN(C(=O)c3c(F)cc(C#N)cc3F)[C@H]2C1. The lowest BCUT2D eigenvalue weighted by molar-refractivity contribution is -0.0871. The van der Waals surface area contributed by atoms with Crippen molar-refractivity contribution in [2.24, 2.45) is 0 Å². The lowest BCUT2D eigenvalue weighted by atomic mass is 9.98. The van der Waals surface area contributed by atoms with E-state index >= 15 is 0 Å². The number of rotatable bonds is 1. The number of halogens is 2. The Morgan fingerprint density at radius 2 is 2.04 bits per heavy atom. The van der Waals surface area contributed by atoms with Gasteiger partial charge < -0.3 is 14.5 Å². The number of ether oxygens (including phenoxy) is 1. The maximum Gasteiger partial charge on any atom is 0.260 e. The van der Waals surface area contributed by atoms with E-state index in [0.717, 1.165) is 25.1 Å². The number of amides is 1. The summed E-state index contributed by atoms with van der Waals surface area (Å²) in [4.78, 5) is 16.3. The molecule has 2 fully saturated rings. The van der Waals surface area contributed by atoms with Gasteiger partial charge in [0.15, 0.2) is 0 Å². The molecule has 5 nitrogen and oxygen atoms in total. The second-order valence-corrected chi connectivity index (χ2v) is 5.95. The van der Waals surface area contributed by atoms with E-state index in [4.69, 9.17) is 10.00 Å². The van der Waals surface area contributed by atoms with Crippen molar-refractivity contribution in [1.82, 2.24) is 9.80 Å². The van der Waals surface area contributed by atoms with Gasteiger partial charge in [0.1, 0.15) is 17.2 Å². The molecule has 1 aromatic rings. The Morgan fingerprint density at radius 1 is 1.35 bits per heavy atom. The fourth-order valence-corrected chi connectivity index (χ4v) is 3.27. The van der Waals surface area contributed by atoms with Crippen LogP contribution in [0.25, 0.3) is 0 Å². The number of fused-ring (bicyclic) bond motifs is 1. The number of hydrogen-bond acceptors (Lipinski definition) is 4. The normalized spacial score (nSPS) is 24.9. The summed E-state index contributed by atoms with van der Waals surface area (Å²) in [6.45, 7) is 2.13. The maximum atomic E-state index is 14.1. The molecule has 0 spiro atoms. The van der Waals surface area contributed by atoms with Gasteiger partial charge in [-0.1, -0.05) is 0 Å². The van der Waals surface area contributed by atoms with Gasteiger partial charge in [-0.15, -0.1) is 0 Å². The van der Waals surface area contributed by atoms with Crippen molar-refractivity contribution in [3.8, 4) is 6.07 Å². The van der Waals surface area contributed by atoms with Crippen molar-refractivity contribution in [2.75, 3.05) is 33.3 Å². The summed E-state index contributed by atoms with van der Waals surface area (Å²) in [5.74, 6) is -2.68. The molecule has 122 valence electrons. The smallest absolute Gasteiger partial charge is 0.260 e. The number of nitriles is 1. The van der Waals surface area contributed by atoms with E-state index in [2.05, 4.69) is 4.90 Å². The van der Waals surface area contributed by atoms with Crippen molar-refractivity contribution < 1.29 is 18.3 Å². The second-order valence-electron chi connectivity index (χ2n) is 5.95. The van der Waals surface area contributed by atoms with Gasteiger partial charge >= 0.3 is 0 Å². The minimum atomic E-state index is -1.00. The predicted octanol–water partition coefficient (Wildman–Crippen LogP) is 1.38. The van der Waals surface area contributed by atoms with Crippen molar-refractivity contribution in [1.29, 1.82) is 5.26 Å². The van der Waals surface area contributed by atoms with Crippen LogP contribution in [0.5, 0.6) is 0 Å². The van der Waals surface area contributed by atoms with E-state index in [1.54, 1.807) is 6.07 Å². The van der Waals surface area contributed by atoms with Gasteiger partial charge in [-0.25, -0.2) is 8.78 Å². The highest BCUT2D eigenvalue weighted by Gasteiger charge is 2.39. The Bertz CT molecular complexity index is 651. The zero-order valence-electron chi connectivity index (χ0n) is 12.8.